The first-order valence-corrected chi connectivity index (χ1v) is 9.69. The molecule has 1 saturated carbocycles. The minimum Gasteiger partial charge on any atom is -0.481 e. The monoisotopic (exact) mass is 377 g/mol. The number of aromatic amines is 1. The number of pyridine rings is 1. The van der Waals surface area contributed by atoms with Crippen LogP contribution in [-0.2, 0) is 0 Å². The highest BCUT2D eigenvalue weighted by atomic mass is 16.5. The number of H-pyrrole nitrogens is 1. The van der Waals surface area contributed by atoms with Gasteiger partial charge in [-0.1, -0.05) is 0 Å². The number of aromatic nitrogens is 5. The van der Waals surface area contributed by atoms with Crippen molar-refractivity contribution in [3.63, 3.8) is 0 Å². The molecule has 3 aromatic rings. The van der Waals surface area contributed by atoms with E-state index in [-0.39, 0.29) is 0 Å². The summed E-state index contributed by atoms with van der Waals surface area (Å²) < 4.78 is 5.47. The Morgan fingerprint density at radius 1 is 1.07 bits per heavy atom. The molecule has 8 heteroatoms. The van der Waals surface area contributed by atoms with Crippen molar-refractivity contribution in [3.05, 3.63) is 36.7 Å². The summed E-state index contributed by atoms with van der Waals surface area (Å²) in [5.74, 6) is 1.46. The molecule has 0 aromatic carbocycles. The topological polar surface area (TPSA) is 91.8 Å². The second-order valence-corrected chi connectivity index (χ2v) is 7.39. The molecule has 2 fully saturated rings. The Balaban J connectivity index is 1.33. The number of methoxy groups -OCH3 is 1. The lowest BCUT2D eigenvalue weighted by atomic mass is 10.1. The van der Waals surface area contributed by atoms with Gasteiger partial charge in [-0.05, 0) is 43.5 Å². The van der Waals surface area contributed by atoms with Crippen molar-refractivity contribution >= 4 is 5.82 Å². The summed E-state index contributed by atoms with van der Waals surface area (Å²) in [5.41, 5.74) is 3.28. The highest BCUT2D eigenvalue weighted by Gasteiger charge is 2.29. The van der Waals surface area contributed by atoms with Crippen molar-refractivity contribution in [3.8, 4) is 28.4 Å². The van der Waals surface area contributed by atoms with Crippen LogP contribution in [-0.4, -0.2) is 57.7 Å². The van der Waals surface area contributed by atoms with Crippen molar-refractivity contribution in [1.29, 1.82) is 0 Å². The molecule has 2 N–H and O–H groups in total. The molecule has 3 aromatic heterocycles. The van der Waals surface area contributed by atoms with Gasteiger partial charge in [-0.25, -0.2) is 4.98 Å². The second kappa shape index (κ2) is 7.20. The largest absolute Gasteiger partial charge is 0.481 e. The highest BCUT2D eigenvalue weighted by Crippen LogP contribution is 2.30. The quantitative estimate of drug-likeness (QED) is 0.681. The van der Waals surface area contributed by atoms with E-state index in [2.05, 4.69) is 35.6 Å². The van der Waals surface area contributed by atoms with Gasteiger partial charge in [-0.15, -0.1) is 10.2 Å². The molecule has 0 radical (unpaired) electrons. The number of nitrogens with zero attached hydrogens (tertiary/aromatic N) is 5. The maximum atomic E-state index is 5.47. The lowest BCUT2D eigenvalue weighted by Gasteiger charge is -2.17. The lowest BCUT2D eigenvalue weighted by Crippen LogP contribution is -2.34. The van der Waals surface area contributed by atoms with Gasteiger partial charge in [0.15, 0.2) is 5.82 Å². The number of rotatable bonds is 6. The van der Waals surface area contributed by atoms with E-state index in [1.807, 2.05) is 30.5 Å². The molecular weight excluding hydrogens is 354 g/mol. The van der Waals surface area contributed by atoms with Crippen LogP contribution in [0.3, 0.4) is 0 Å². The molecule has 8 nitrogen and oxygen atoms in total. The summed E-state index contributed by atoms with van der Waals surface area (Å²) in [4.78, 5) is 6.90. The maximum Gasteiger partial charge on any atom is 0.221 e. The van der Waals surface area contributed by atoms with Gasteiger partial charge in [-0.2, -0.15) is 5.10 Å². The van der Waals surface area contributed by atoms with E-state index in [4.69, 9.17) is 4.74 Å². The molecule has 28 heavy (non-hydrogen) atoms. The zero-order valence-electron chi connectivity index (χ0n) is 15.8. The van der Waals surface area contributed by atoms with Crippen LogP contribution in [0.5, 0.6) is 5.88 Å². The Morgan fingerprint density at radius 2 is 1.96 bits per heavy atom. The normalized spacial score (nSPS) is 19.2. The molecule has 0 spiro atoms. The number of hydrogen-bond acceptors (Lipinski definition) is 7. The summed E-state index contributed by atoms with van der Waals surface area (Å²) >= 11 is 0. The van der Waals surface area contributed by atoms with Gasteiger partial charge in [0, 0.05) is 42.5 Å². The zero-order valence-corrected chi connectivity index (χ0v) is 15.8. The van der Waals surface area contributed by atoms with Crippen molar-refractivity contribution < 1.29 is 4.74 Å². The summed E-state index contributed by atoms with van der Waals surface area (Å²) in [7, 11) is 1.62. The Hall–Kier alpha value is -3.00. The van der Waals surface area contributed by atoms with Crippen LogP contribution >= 0.6 is 0 Å². The smallest absolute Gasteiger partial charge is 0.221 e. The van der Waals surface area contributed by atoms with E-state index in [0.29, 0.717) is 11.9 Å². The van der Waals surface area contributed by atoms with Crippen molar-refractivity contribution in [2.45, 2.75) is 31.3 Å². The molecule has 0 amide bonds. The van der Waals surface area contributed by atoms with Gasteiger partial charge in [0.05, 0.1) is 19.0 Å². The van der Waals surface area contributed by atoms with E-state index >= 15 is 0 Å². The summed E-state index contributed by atoms with van der Waals surface area (Å²) in [6, 6.07) is 9.21. The van der Waals surface area contributed by atoms with Gasteiger partial charge in [0.25, 0.3) is 0 Å². The number of hydrogen-bond donors (Lipinski definition) is 2. The van der Waals surface area contributed by atoms with Gasteiger partial charge >= 0.3 is 0 Å². The minimum atomic E-state index is 0.540. The van der Waals surface area contributed by atoms with E-state index in [9.17, 15) is 0 Å². The van der Waals surface area contributed by atoms with E-state index < -0.39 is 0 Å². The lowest BCUT2D eigenvalue weighted by molar-refractivity contribution is 0.400. The molecule has 4 heterocycles. The SMILES string of the molecule is COc1nc(-c2ccc(N3CCC(NC4CC4)C3)nn2)ccc1-c1cn[nH]c1. The third-order valence-electron chi connectivity index (χ3n) is 5.34. The molecule has 1 aliphatic heterocycles. The molecule has 1 aliphatic carbocycles. The van der Waals surface area contributed by atoms with Gasteiger partial charge in [0.1, 0.15) is 5.69 Å². The number of anilines is 1. The zero-order chi connectivity index (χ0) is 18.9. The predicted octanol–water partition coefficient (Wildman–Crippen LogP) is 2.27. The Bertz CT molecular complexity index is 938. The summed E-state index contributed by atoms with van der Waals surface area (Å²) in [6.07, 6.45) is 7.36. The van der Waals surface area contributed by atoms with E-state index in [1.54, 1.807) is 13.3 Å². The first kappa shape index (κ1) is 17.1. The fraction of sp³-hybridized carbons (Fsp3) is 0.400. The van der Waals surface area contributed by atoms with Crippen molar-refractivity contribution in [1.82, 2.24) is 30.7 Å². The van der Waals surface area contributed by atoms with Gasteiger partial charge in [-0.3, -0.25) is 5.10 Å². The van der Waals surface area contributed by atoms with Crippen LogP contribution < -0.4 is 15.0 Å². The third-order valence-corrected chi connectivity index (χ3v) is 5.34. The molecule has 1 unspecified atom stereocenters. The number of ether oxygens (including phenoxy) is 1. The molecule has 1 atom stereocenters. The fourth-order valence-corrected chi connectivity index (χ4v) is 3.67. The molecule has 144 valence electrons. The van der Waals surface area contributed by atoms with E-state index in [1.165, 1.54) is 12.8 Å². The predicted molar refractivity (Wildman–Crippen MR) is 106 cm³/mol. The Labute approximate surface area is 163 Å². The molecule has 2 aliphatic rings. The number of nitrogens with one attached hydrogen (secondary N) is 2. The van der Waals surface area contributed by atoms with Crippen LogP contribution in [0.4, 0.5) is 5.82 Å². The van der Waals surface area contributed by atoms with E-state index in [0.717, 1.165) is 53.9 Å². The Kier molecular flexibility index (Phi) is 4.40. The van der Waals surface area contributed by atoms with Crippen LogP contribution in [0.2, 0.25) is 0 Å². The van der Waals surface area contributed by atoms with Crippen LogP contribution in [0.1, 0.15) is 19.3 Å². The average molecular weight is 377 g/mol. The Morgan fingerprint density at radius 3 is 2.68 bits per heavy atom. The fourth-order valence-electron chi connectivity index (χ4n) is 3.67. The standard InChI is InChI=1S/C20H23N7O/c1-28-20-16(13-10-21-22-11-13)4-5-17(24-20)18-6-7-19(26-25-18)27-9-8-15(12-27)23-14-2-3-14/h4-7,10-11,14-15,23H,2-3,8-9,12H2,1H3,(H,21,22). The van der Waals surface area contributed by atoms with Crippen molar-refractivity contribution in [2.24, 2.45) is 0 Å². The van der Waals surface area contributed by atoms with Crippen LogP contribution in [0, 0.1) is 0 Å². The van der Waals surface area contributed by atoms with Crippen molar-refractivity contribution in [2.75, 3.05) is 25.1 Å². The van der Waals surface area contributed by atoms with Gasteiger partial charge in [0.2, 0.25) is 5.88 Å². The first-order chi connectivity index (χ1) is 13.8. The highest BCUT2D eigenvalue weighted by molar-refractivity contribution is 5.70. The average Bonchev–Trinajstić information content (AvgIpc) is 3.20. The molecule has 0 bridgehead atoms. The maximum absolute atomic E-state index is 5.47. The summed E-state index contributed by atoms with van der Waals surface area (Å²) in [5, 5.41) is 19.4. The molecule has 1 saturated heterocycles. The molecular formula is C20H23N7O. The second-order valence-electron chi connectivity index (χ2n) is 7.39. The summed E-state index contributed by atoms with van der Waals surface area (Å²) in [6.45, 7) is 2.01. The van der Waals surface area contributed by atoms with Crippen LogP contribution in [0.25, 0.3) is 22.5 Å². The van der Waals surface area contributed by atoms with Gasteiger partial charge < -0.3 is 15.0 Å². The molecule has 5 rings (SSSR count). The minimum absolute atomic E-state index is 0.540. The third kappa shape index (κ3) is 3.43. The first-order valence-electron chi connectivity index (χ1n) is 9.69. The van der Waals surface area contributed by atoms with Crippen LogP contribution in [0.15, 0.2) is 36.7 Å².